The number of carbonyl (C=O) groups excluding carboxylic acids is 1. The summed E-state index contributed by atoms with van der Waals surface area (Å²) in [5.74, 6) is -0.262. The molecule has 0 atom stereocenters. The highest BCUT2D eigenvalue weighted by Crippen LogP contribution is 2.28. The Bertz CT molecular complexity index is 677. The molecule has 0 unspecified atom stereocenters. The molecule has 1 amide bonds. The second-order valence-electron chi connectivity index (χ2n) is 3.69. The van der Waals surface area contributed by atoms with E-state index in [0.29, 0.717) is 11.3 Å². The number of nitriles is 1. The van der Waals surface area contributed by atoms with Gasteiger partial charge in [0, 0.05) is 6.20 Å². The molecule has 1 aromatic carbocycles. The number of nitrogens with zero attached hydrogens (tertiary/aromatic N) is 2. The van der Waals surface area contributed by atoms with Crippen LogP contribution < -0.4 is 16.2 Å². The van der Waals surface area contributed by atoms with Gasteiger partial charge >= 0.3 is 0 Å². The minimum Gasteiger partial charge on any atom is -0.436 e. The molecule has 2 aromatic rings. The van der Waals surface area contributed by atoms with Crippen LogP contribution in [0.3, 0.4) is 0 Å². The van der Waals surface area contributed by atoms with E-state index in [9.17, 15) is 4.79 Å². The highest BCUT2D eigenvalue weighted by atomic mass is 16.5. The molecule has 6 nitrogen and oxygen atoms in total. The van der Waals surface area contributed by atoms with Crippen molar-refractivity contribution < 1.29 is 9.53 Å². The molecule has 2 rings (SSSR count). The lowest BCUT2D eigenvalue weighted by Crippen LogP contribution is -2.13. The van der Waals surface area contributed by atoms with Gasteiger partial charge in [0.05, 0.1) is 17.3 Å². The number of amides is 1. The van der Waals surface area contributed by atoms with Crippen LogP contribution in [0.1, 0.15) is 15.9 Å². The topological polar surface area (TPSA) is 115 Å². The zero-order valence-electron chi connectivity index (χ0n) is 9.83. The highest BCUT2D eigenvalue weighted by Gasteiger charge is 2.12. The molecule has 0 spiro atoms. The van der Waals surface area contributed by atoms with E-state index in [4.69, 9.17) is 21.5 Å². The summed E-state index contributed by atoms with van der Waals surface area (Å²) >= 11 is 0. The van der Waals surface area contributed by atoms with E-state index < -0.39 is 5.91 Å². The van der Waals surface area contributed by atoms with Gasteiger partial charge in [-0.2, -0.15) is 5.26 Å². The number of pyridine rings is 1. The van der Waals surface area contributed by atoms with Crippen LogP contribution in [0.25, 0.3) is 0 Å². The molecule has 0 saturated heterocycles. The third-order valence-electron chi connectivity index (χ3n) is 2.38. The Morgan fingerprint density at radius 3 is 2.79 bits per heavy atom. The number of ether oxygens (including phenoxy) is 1. The van der Waals surface area contributed by atoms with Crippen LogP contribution in [-0.2, 0) is 0 Å². The van der Waals surface area contributed by atoms with Gasteiger partial charge in [-0.3, -0.25) is 4.79 Å². The van der Waals surface area contributed by atoms with Crippen molar-refractivity contribution in [1.82, 2.24) is 4.98 Å². The summed E-state index contributed by atoms with van der Waals surface area (Å²) in [5, 5.41) is 8.74. The first-order chi connectivity index (χ1) is 9.11. The van der Waals surface area contributed by atoms with E-state index in [-0.39, 0.29) is 17.1 Å². The van der Waals surface area contributed by atoms with Crippen molar-refractivity contribution in [3.63, 3.8) is 0 Å². The molecule has 0 aliphatic carbocycles. The number of primary amides is 1. The molecule has 1 aromatic heterocycles. The van der Waals surface area contributed by atoms with Gasteiger partial charge in [0.2, 0.25) is 5.88 Å². The normalized spacial score (nSPS) is 9.63. The number of anilines is 1. The van der Waals surface area contributed by atoms with Gasteiger partial charge in [-0.15, -0.1) is 0 Å². The standard InChI is InChI=1S/C13H10N4O2/c14-7-8-3-4-11(10(15)6-8)19-13-9(12(16)18)2-1-5-17-13/h1-6H,15H2,(H2,16,18). The fourth-order valence-corrected chi connectivity index (χ4v) is 1.47. The number of carbonyl (C=O) groups is 1. The van der Waals surface area contributed by atoms with Crippen LogP contribution in [0.15, 0.2) is 36.5 Å². The van der Waals surface area contributed by atoms with Crippen molar-refractivity contribution in [2.45, 2.75) is 0 Å². The zero-order valence-corrected chi connectivity index (χ0v) is 9.83. The van der Waals surface area contributed by atoms with Crippen molar-refractivity contribution in [3.8, 4) is 17.7 Å². The fourth-order valence-electron chi connectivity index (χ4n) is 1.47. The first kappa shape index (κ1) is 12.4. The van der Waals surface area contributed by atoms with Gasteiger partial charge in [-0.1, -0.05) is 0 Å². The number of rotatable bonds is 3. The molecule has 0 aliphatic heterocycles. The summed E-state index contributed by atoms with van der Waals surface area (Å²) in [6, 6.07) is 9.61. The first-order valence-corrected chi connectivity index (χ1v) is 5.34. The van der Waals surface area contributed by atoms with Crippen molar-refractivity contribution in [3.05, 3.63) is 47.7 Å². The van der Waals surface area contributed by atoms with Gasteiger partial charge in [0.15, 0.2) is 5.75 Å². The Hall–Kier alpha value is -3.07. The number of hydrogen-bond donors (Lipinski definition) is 2. The molecule has 0 saturated carbocycles. The SMILES string of the molecule is N#Cc1ccc(Oc2ncccc2C(N)=O)c(N)c1. The second kappa shape index (κ2) is 5.06. The van der Waals surface area contributed by atoms with Crippen LogP contribution in [0.5, 0.6) is 11.6 Å². The van der Waals surface area contributed by atoms with Crippen molar-refractivity contribution in [1.29, 1.82) is 5.26 Å². The minimum atomic E-state index is -0.643. The molecule has 6 heteroatoms. The summed E-state index contributed by atoms with van der Waals surface area (Å²) in [7, 11) is 0. The van der Waals surface area contributed by atoms with Crippen molar-refractivity contribution in [2.24, 2.45) is 5.73 Å². The molecular weight excluding hydrogens is 244 g/mol. The third kappa shape index (κ3) is 2.61. The maximum atomic E-state index is 11.2. The molecular formula is C13H10N4O2. The molecule has 0 fully saturated rings. The van der Waals surface area contributed by atoms with Gasteiger partial charge < -0.3 is 16.2 Å². The quantitative estimate of drug-likeness (QED) is 0.804. The number of nitrogens with two attached hydrogens (primary N) is 2. The van der Waals surface area contributed by atoms with Crippen LogP contribution in [0.4, 0.5) is 5.69 Å². The van der Waals surface area contributed by atoms with E-state index >= 15 is 0 Å². The molecule has 19 heavy (non-hydrogen) atoms. The summed E-state index contributed by atoms with van der Waals surface area (Å²) < 4.78 is 5.45. The number of benzene rings is 1. The average molecular weight is 254 g/mol. The van der Waals surface area contributed by atoms with E-state index in [0.717, 1.165) is 0 Å². The van der Waals surface area contributed by atoms with Gasteiger partial charge in [0.1, 0.15) is 5.56 Å². The molecule has 0 aliphatic rings. The highest BCUT2D eigenvalue weighted by molar-refractivity contribution is 5.95. The summed E-state index contributed by atoms with van der Waals surface area (Å²) in [6.07, 6.45) is 1.47. The molecule has 0 bridgehead atoms. The Kier molecular flexibility index (Phi) is 3.30. The predicted molar refractivity (Wildman–Crippen MR) is 68.4 cm³/mol. The summed E-state index contributed by atoms with van der Waals surface area (Å²) in [5.41, 5.74) is 11.8. The fraction of sp³-hybridized carbons (Fsp3) is 0. The lowest BCUT2D eigenvalue weighted by atomic mass is 10.2. The van der Waals surface area contributed by atoms with E-state index in [1.54, 1.807) is 12.1 Å². The third-order valence-corrected chi connectivity index (χ3v) is 2.38. The Labute approximate surface area is 109 Å². The smallest absolute Gasteiger partial charge is 0.254 e. The van der Waals surface area contributed by atoms with E-state index in [2.05, 4.69) is 4.98 Å². The van der Waals surface area contributed by atoms with Crippen LogP contribution in [0.2, 0.25) is 0 Å². The molecule has 0 radical (unpaired) electrons. The number of aromatic nitrogens is 1. The first-order valence-electron chi connectivity index (χ1n) is 5.34. The lowest BCUT2D eigenvalue weighted by molar-refractivity contribution is 0.0997. The summed E-state index contributed by atoms with van der Waals surface area (Å²) in [4.78, 5) is 15.2. The largest absolute Gasteiger partial charge is 0.436 e. The number of nitrogen functional groups attached to an aromatic ring is 1. The van der Waals surface area contributed by atoms with E-state index in [1.807, 2.05) is 6.07 Å². The Morgan fingerprint density at radius 2 is 2.16 bits per heavy atom. The zero-order chi connectivity index (χ0) is 13.8. The van der Waals surface area contributed by atoms with Gasteiger partial charge in [0.25, 0.3) is 5.91 Å². The molecule has 1 heterocycles. The average Bonchev–Trinajstić information content (AvgIpc) is 2.41. The monoisotopic (exact) mass is 254 g/mol. The van der Waals surface area contributed by atoms with Gasteiger partial charge in [-0.25, -0.2) is 4.98 Å². The van der Waals surface area contributed by atoms with Gasteiger partial charge in [-0.05, 0) is 30.3 Å². The van der Waals surface area contributed by atoms with E-state index in [1.165, 1.54) is 24.4 Å². The maximum absolute atomic E-state index is 11.2. The Morgan fingerprint density at radius 1 is 1.37 bits per heavy atom. The maximum Gasteiger partial charge on any atom is 0.254 e. The summed E-state index contributed by atoms with van der Waals surface area (Å²) in [6.45, 7) is 0. The van der Waals surface area contributed by atoms with Crippen molar-refractivity contribution in [2.75, 3.05) is 5.73 Å². The predicted octanol–water partition coefficient (Wildman–Crippen LogP) is 1.43. The van der Waals surface area contributed by atoms with Crippen molar-refractivity contribution >= 4 is 11.6 Å². The van der Waals surface area contributed by atoms with Crippen LogP contribution in [0, 0.1) is 11.3 Å². The Balaban J connectivity index is 2.37. The lowest BCUT2D eigenvalue weighted by Gasteiger charge is -2.09. The molecule has 4 N–H and O–H groups in total. The van der Waals surface area contributed by atoms with Crippen LogP contribution in [-0.4, -0.2) is 10.9 Å². The number of hydrogen-bond acceptors (Lipinski definition) is 5. The minimum absolute atomic E-state index is 0.0754. The second-order valence-corrected chi connectivity index (χ2v) is 3.69. The molecule has 94 valence electrons. The van der Waals surface area contributed by atoms with Crippen LogP contribution >= 0.6 is 0 Å².